The number of rotatable bonds is 7. The zero-order chi connectivity index (χ0) is 15.2. The molecule has 0 aliphatic rings. The predicted octanol–water partition coefficient (Wildman–Crippen LogP) is 1.68. The fourth-order valence-electron chi connectivity index (χ4n) is 1.65. The molecule has 0 saturated carbocycles. The van der Waals surface area contributed by atoms with E-state index in [1.807, 2.05) is 6.07 Å². The molecule has 20 heavy (non-hydrogen) atoms. The fourth-order valence-corrected chi connectivity index (χ4v) is 3.16. The lowest BCUT2D eigenvalue weighted by Crippen LogP contribution is -2.34. The molecule has 0 radical (unpaired) electrons. The Bertz CT molecular complexity index is 596. The van der Waals surface area contributed by atoms with Crippen LogP contribution in [0.25, 0.3) is 0 Å². The van der Waals surface area contributed by atoms with Gasteiger partial charge < -0.3 is 4.74 Å². The van der Waals surface area contributed by atoms with Gasteiger partial charge in [-0.05, 0) is 30.7 Å². The number of sulfonamides is 1. The van der Waals surface area contributed by atoms with Crippen LogP contribution in [-0.4, -0.2) is 39.5 Å². The molecular weight excluding hydrogens is 283 g/mol. The minimum atomic E-state index is -3.75. The highest BCUT2D eigenvalue weighted by Gasteiger charge is 2.24. The Kier molecular flexibility index (Phi) is 6.07. The molecule has 0 amide bonds. The summed E-state index contributed by atoms with van der Waals surface area (Å²) in [5.41, 5.74) is 0.262. The van der Waals surface area contributed by atoms with E-state index in [9.17, 15) is 12.8 Å². The average molecular weight is 300 g/mol. The van der Waals surface area contributed by atoms with E-state index in [2.05, 4.69) is 0 Å². The Morgan fingerprint density at radius 3 is 2.65 bits per heavy atom. The van der Waals surface area contributed by atoms with Crippen molar-refractivity contribution in [3.05, 3.63) is 29.6 Å². The predicted molar refractivity (Wildman–Crippen MR) is 72.0 cm³/mol. The summed E-state index contributed by atoms with van der Waals surface area (Å²) in [6.07, 6.45) is 0.0864. The maximum Gasteiger partial charge on any atom is 0.243 e. The van der Waals surface area contributed by atoms with Gasteiger partial charge in [0.05, 0.1) is 17.6 Å². The van der Waals surface area contributed by atoms with Crippen LogP contribution in [0, 0.1) is 24.1 Å². The Morgan fingerprint density at radius 2 is 2.10 bits per heavy atom. The molecule has 0 heterocycles. The van der Waals surface area contributed by atoms with Gasteiger partial charge in [0, 0.05) is 26.6 Å². The second-order valence-electron chi connectivity index (χ2n) is 4.22. The van der Waals surface area contributed by atoms with Gasteiger partial charge in [0.2, 0.25) is 10.0 Å². The number of aryl methyl sites for hydroxylation is 1. The van der Waals surface area contributed by atoms with Crippen molar-refractivity contribution in [2.75, 3.05) is 26.8 Å². The van der Waals surface area contributed by atoms with Gasteiger partial charge in [-0.3, -0.25) is 0 Å². The lowest BCUT2D eigenvalue weighted by molar-refractivity contribution is 0.179. The molecule has 1 rings (SSSR count). The van der Waals surface area contributed by atoms with E-state index in [0.29, 0.717) is 0 Å². The van der Waals surface area contributed by atoms with Crippen molar-refractivity contribution in [3.8, 4) is 6.07 Å². The molecule has 0 bridgehead atoms. The Hall–Kier alpha value is -1.49. The molecule has 0 aliphatic carbocycles. The van der Waals surface area contributed by atoms with Gasteiger partial charge in [-0.2, -0.15) is 9.57 Å². The number of methoxy groups -OCH3 is 1. The number of hydrogen-bond acceptors (Lipinski definition) is 4. The summed E-state index contributed by atoms with van der Waals surface area (Å²) >= 11 is 0. The first-order valence-electron chi connectivity index (χ1n) is 6.05. The van der Waals surface area contributed by atoms with Crippen LogP contribution in [-0.2, 0) is 14.8 Å². The standard InChI is InChI=1S/C13H17FN2O3S/c1-11-10-12(4-5-13(11)14)20(17,18)16(7-3-6-15)8-9-19-2/h4-5,10H,3,7-9H2,1-2H3. The maximum absolute atomic E-state index is 13.2. The van der Waals surface area contributed by atoms with Crippen molar-refractivity contribution in [2.24, 2.45) is 0 Å². The van der Waals surface area contributed by atoms with Crippen molar-refractivity contribution >= 4 is 10.0 Å². The molecule has 0 fully saturated rings. The molecule has 7 heteroatoms. The van der Waals surface area contributed by atoms with E-state index in [1.165, 1.54) is 30.5 Å². The van der Waals surface area contributed by atoms with E-state index in [-0.39, 0.29) is 36.6 Å². The Morgan fingerprint density at radius 1 is 1.40 bits per heavy atom. The van der Waals surface area contributed by atoms with Crippen molar-refractivity contribution < 1.29 is 17.5 Å². The molecule has 0 aliphatic heterocycles. The summed E-state index contributed by atoms with van der Waals surface area (Å²) in [5.74, 6) is -0.454. The van der Waals surface area contributed by atoms with E-state index in [4.69, 9.17) is 10.00 Å². The highest BCUT2D eigenvalue weighted by atomic mass is 32.2. The van der Waals surface area contributed by atoms with Crippen LogP contribution in [0.1, 0.15) is 12.0 Å². The average Bonchev–Trinajstić information content (AvgIpc) is 2.41. The van der Waals surface area contributed by atoms with Crippen LogP contribution in [0.3, 0.4) is 0 Å². The molecule has 1 aromatic carbocycles. The van der Waals surface area contributed by atoms with Gasteiger partial charge in [0.1, 0.15) is 5.82 Å². The first-order valence-corrected chi connectivity index (χ1v) is 7.49. The Balaban J connectivity index is 3.07. The Labute approximate surface area is 118 Å². The molecule has 1 aromatic rings. The lowest BCUT2D eigenvalue weighted by Gasteiger charge is -2.21. The van der Waals surface area contributed by atoms with Gasteiger partial charge in [0.15, 0.2) is 0 Å². The third-order valence-electron chi connectivity index (χ3n) is 2.79. The first kappa shape index (κ1) is 16.6. The number of nitriles is 1. The monoisotopic (exact) mass is 300 g/mol. The van der Waals surface area contributed by atoms with Crippen molar-refractivity contribution in [1.29, 1.82) is 5.26 Å². The smallest absolute Gasteiger partial charge is 0.243 e. The number of halogens is 1. The minimum absolute atomic E-state index is 0.0189. The van der Waals surface area contributed by atoms with Gasteiger partial charge in [-0.1, -0.05) is 0 Å². The van der Waals surface area contributed by atoms with Crippen molar-refractivity contribution in [3.63, 3.8) is 0 Å². The number of benzene rings is 1. The molecule has 0 saturated heterocycles. The normalized spacial score (nSPS) is 11.6. The zero-order valence-corrected chi connectivity index (χ0v) is 12.3. The summed E-state index contributed by atoms with van der Waals surface area (Å²) in [5, 5.41) is 8.61. The second kappa shape index (κ2) is 7.33. The summed E-state index contributed by atoms with van der Waals surface area (Å²) in [4.78, 5) is 0.0189. The molecule has 0 spiro atoms. The number of hydrogen-bond donors (Lipinski definition) is 0. The van der Waals surface area contributed by atoms with Crippen molar-refractivity contribution in [1.82, 2.24) is 4.31 Å². The van der Waals surface area contributed by atoms with Crippen LogP contribution in [0.5, 0.6) is 0 Å². The van der Waals surface area contributed by atoms with Gasteiger partial charge in [0.25, 0.3) is 0 Å². The quantitative estimate of drug-likeness (QED) is 0.768. The van der Waals surface area contributed by atoms with Gasteiger partial charge >= 0.3 is 0 Å². The van der Waals surface area contributed by atoms with Crippen LogP contribution in [0.15, 0.2) is 23.1 Å². The summed E-state index contributed by atoms with van der Waals surface area (Å²) < 4.78 is 44.2. The molecule has 0 unspecified atom stereocenters. The third-order valence-corrected chi connectivity index (χ3v) is 4.68. The molecule has 0 N–H and O–H groups in total. The van der Waals surface area contributed by atoms with Gasteiger partial charge in [-0.25, -0.2) is 12.8 Å². The lowest BCUT2D eigenvalue weighted by atomic mass is 10.2. The summed E-state index contributed by atoms with van der Waals surface area (Å²) in [6, 6.07) is 5.55. The van der Waals surface area contributed by atoms with E-state index < -0.39 is 15.8 Å². The summed E-state index contributed by atoms with van der Waals surface area (Å²) in [6.45, 7) is 1.96. The fraction of sp³-hybridized carbons (Fsp3) is 0.462. The molecule has 5 nitrogen and oxygen atoms in total. The summed E-state index contributed by atoms with van der Waals surface area (Å²) in [7, 11) is -2.28. The second-order valence-corrected chi connectivity index (χ2v) is 6.15. The number of nitrogens with zero attached hydrogens (tertiary/aromatic N) is 2. The SMILES string of the molecule is COCCN(CCC#N)S(=O)(=O)c1ccc(F)c(C)c1. The minimum Gasteiger partial charge on any atom is -0.383 e. The van der Waals surface area contributed by atoms with Crippen LogP contribution in [0.2, 0.25) is 0 Å². The molecular formula is C13H17FN2O3S. The molecule has 0 aromatic heterocycles. The van der Waals surface area contributed by atoms with Gasteiger partial charge in [-0.15, -0.1) is 0 Å². The number of ether oxygens (including phenoxy) is 1. The topological polar surface area (TPSA) is 70.4 Å². The van der Waals surface area contributed by atoms with Crippen LogP contribution < -0.4 is 0 Å². The maximum atomic E-state index is 13.2. The largest absolute Gasteiger partial charge is 0.383 e. The molecule has 0 atom stereocenters. The van der Waals surface area contributed by atoms with E-state index in [1.54, 1.807) is 0 Å². The van der Waals surface area contributed by atoms with E-state index in [0.717, 1.165) is 6.07 Å². The third kappa shape index (κ3) is 4.00. The van der Waals surface area contributed by atoms with Crippen LogP contribution in [0.4, 0.5) is 4.39 Å². The first-order chi connectivity index (χ1) is 9.43. The van der Waals surface area contributed by atoms with Crippen molar-refractivity contribution in [2.45, 2.75) is 18.2 Å². The highest BCUT2D eigenvalue weighted by Crippen LogP contribution is 2.19. The van der Waals surface area contributed by atoms with E-state index >= 15 is 0 Å². The van der Waals surface area contributed by atoms with Crippen LogP contribution >= 0.6 is 0 Å². The zero-order valence-electron chi connectivity index (χ0n) is 11.5. The molecule has 110 valence electrons. The highest BCUT2D eigenvalue weighted by molar-refractivity contribution is 7.89.